The minimum absolute atomic E-state index is 0.0804. The molecule has 1 aliphatic rings. The Morgan fingerprint density at radius 1 is 1.17 bits per heavy atom. The molecule has 1 atom stereocenters. The first-order valence-electron chi connectivity index (χ1n) is 7.85. The molecule has 0 spiro atoms. The summed E-state index contributed by atoms with van der Waals surface area (Å²) in [5, 5.41) is 2.80. The topological polar surface area (TPSA) is 71.4 Å². The Morgan fingerprint density at radius 3 is 2.62 bits per heavy atom. The van der Waals surface area contributed by atoms with Crippen LogP contribution in [0.2, 0.25) is 0 Å². The van der Waals surface area contributed by atoms with Crippen molar-refractivity contribution < 1.29 is 9.59 Å². The number of nitrogens with one attached hydrogen (secondary N) is 1. The van der Waals surface area contributed by atoms with Crippen LogP contribution in [0, 0.1) is 0 Å². The second kappa shape index (κ2) is 6.70. The van der Waals surface area contributed by atoms with Crippen molar-refractivity contribution in [3.05, 3.63) is 70.1 Å². The van der Waals surface area contributed by atoms with Gasteiger partial charge in [-0.25, -0.2) is 0 Å². The van der Waals surface area contributed by atoms with E-state index in [-0.39, 0.29) is 29.8 Å². The third kappa shape index (κ3) is 3.22. The van der Waals surface area contributed by atoms with Gasteiger partial charge in [-0.05, 0) is 11.6 Å². The van der Waals surface area contributed by atoms with Gasteiger partial charge in [-0.3, -0.25) is 14.4 Å². The third-order valence-corrected chi connectivity index (χ3v) is 4.23. The lowest BCUT2D eigenvalue weighted by Crippen LogP contribution is -2.37. The molecular weight excluding hydrogens is 306 g/mol. The maximum absolute atomic E-state index is 12.9. The number of carbonyl (C=O) groups is 2. The van der Waals surface area contributed by atoms with Crippen LogP contribution in [0.5, 0.6) is 0 Å². The van der Waals surface area contributed by atoms with E-state index in [0.717, 1.165) is 5.56 Å². The van der Waals surface area contributed by atoms with Crippen molar-refractivity contribution in [3.8, 4) is 0 Å². The molecule has 1 aromatic heterocycles. The molecule has 0 saturated carbocycles. The molecule has 6 heteroatoms. The van der Waals surface area contributed by atoms with Crippen LogP contribution < -0.4 is 10.9 Å². The summed E-state index contributed by atoms with van der Waals surface area (Å²) in [6.45, 7) is 0.804. The lowest BCUT2D eigenvalue weighted by atomic mass is 10.0. The van der Waals surface area contributed by atoms with E-state index in [4.69, 9.17) is 0 Å². The smallest absolute Gasteiger partial charge is 0.254 e. The molecule has 1 aromatic carbocycles. The Kier molecular flexibility index (Phi) is 4.46. The minimum atomic E-state index is -0.342. The van der Waals surface area contributed by atoms with Gasteiger partial charge in [0.05, 0.1) is 12.5 Å². The molecule has 6 nitrogen and oxygen atoms in total. The fourth-order valence-electron chi connectivity index (χ4n) is 2.89. The Balaban J connectivity index is 1.98. The summed E-state index contributed by atoms with van der Waals surface area (Å²) >= 11 is 0. The van der Waals surface area contributed by atoms with Crippen molar-refractivity contribution in [1.82, 2.24) is 14.8 Å². The van der Waals surface area contributed by atoms with E-state index in [1.165, 1.54) is 10.6 Å². The molecule has 0 bridgehead atoms. The second-order valence-electron chi connectivity index (χ2n) is 5.84. The van der Waals surface area contributed by atoms with Crippen LogP contribution in [-0.4, -0.2) is 34.4 Å². The molecule has 0 aliphatic carbocycles. The van der Waals surface area contributed by atoms with Gasteiger partial charge in [-0.1, -0.05) is 30.3 Å². The summed E-state index contributed by atoms with van der Waals surface area (Å²) in [5.41, 5.74) is 1.02. The number of hydrogen-bond donors (Lipinski definition) is 1. The predicted molar refractivity (Wildman–Crippen MR) is 89.5 cm³/mol. The number of pyridine rings is 1. The van der Waals surface area contributed by atoms with Crippen LogP contribution in [0.4, 0.5) is 0 Å². The van der Waals surface area contributed by atoms with Gasteiger partial charge in [-0.15, -0.1) is 0 Å². The largest absolute Gasteiger partial charge is 0.354 e. The first-order valence-corrected chi connectivity index (χ1v) is 7.85. The normalized spacial score (nSPS) is 18.0. The maximum atomic E-state index is 12.9. The van der Waals surface area contributed by atoms with Gasteiger partial charge < -0.3 is 14.8 Å². The number of carbonyl (C=O) groups excluding carboxylic acids is 2. The highest BCUT2D eigenvalue weighted by molar-refractivity contribution is 5.95. The Bertz CT molecular complexity index is 814. The van der Waals surface area contributed by atoms with Crippen molar-refractivity contribution in [2.75, 3.05) is 13.1 Å². The molecule has 1 aliphatic heterocycles. The Hall–Kier alpha value is -2.89. The van der Waals surface area contributed by atoms with Gasteiger partial charge in [-0.2, -0.15) is 0 Å². The second-order valence-corrected chi connectivity index (χ2v) is 5.84. The first-order chi connectivity index (χ1) is 11.6. The molecule has 2 amide bonds. The monoisotopic (exact) mass is 325 g/mol. The number of aryl methyl sites for hydroxylation is 1. The number of benzene rings is 1. The first kappa shape index (κ1) is 16.0. The minimum Gasteiger partial charge on any atom is -0.354 e. The molecule has 124 valence electrons. The van der Waals surface area contributed by atoms with Gasteiger partial charge in [0.1, 0.15) is 0 Å². The lowest BCUT2D eigenvalue weighted by molar-refractivity contribution is -0.121. The number of rotatable bonds is 2. The van der Waals surface area contributed by atoms with Crippen LogP contribution in [0.1, 0.15) is 28.4 Å². The molecule has 0 radical (unpaired) electrons. The van der Waals surface area contributed by atoms with E-state index in [9.17, 15) is 14.4 Å². The molecule has 3 rings (SSSR count). The molecule has 24 heavy (non-hydrogen) atoms. The molecule has 2 aromatic rings. The summed E-state index contributed by atoms with van der Waals surface area (Å²) < 4.78 is 1.42. The SMILES string of the molecule is Cn1ccc(C(=O)N2CCNC(=O)C[C@@H]2c2ccccc2)cc1=O. The van der Waals surface area contributed by atoms with Crippen molar-refractivity contribution >= 4 is 11.8 Å². The van der Waals surface area contributed by atoms with Crippen molar-refractivity contribution in [2.24, 2.45) is 7.05 Å². The van der Waals surface area contributed by atoms with Crippen LogP contribution >= 0.6 is 0 Å². The Labute approximate surface area is 139 Å². The summed E-state index contributed by atoms with van der Waals surface area (Å²) in [6.07, 6.45) is 1.79. The average Bonchev–Trinajstić information content (AvgIpc) is 2.79. The summed E-state index contributed by atoms with van der Waals surface area (Å²) in [5.74, 6) is -0.318. The van der Waals surface area contributed by atoms with E-state index in [0.29, 0.717) is 18.7 Å². The number of aromatic nitrogens is 1. The van der Waals surface area contributed by atoms with Gasteiger partial charge in [0.25, 0.3) is 11.5 Å². The maximum Gasteiger partial charge on any atom is 0.254 e. The van der Waals surface area contributed by atoms with E-state index >= 15 is 0 Å². The predicted octanol–water partition coefficient (Wildman–Crippen LogP) is 1.09. The molecule has 1 fully saturated rings. The molecule has 2 heterocycles. The zero-order chi connectivity index (χ0) is 17.1. The highest BCUT2D eigenvalue weighted by Gasteiger charge is 2.30. The highest BCUT2D eigenvalue weighted by atomic mass is 16.2. The van der Waals surface area contributed by atoms with E-state index in [1.807, 2.05) is 30.3 Å². The van der Waals surface area contributed by atoms with E-state index < -0.39 is 0 Å². The van der Waals surface area contributed by atoms with Crippen LogP contribution in [0.3, 0.4) is 0 Å². The third-order valence-electron chi connectivity index (χ3n) is 4.23. The standard InChI is InChI=1S/C18H19N3O3/c1-20-9-7-14(11-17(20)23)18(24)21-10-8-19-16(22)12-15(21)13-5-3-2-4-6-13/h2-7,9,11,15H,8,10,12H2,1H3,(H,19,22)/t15-/m1/s1. The van der Waals surface area contributed by atoms with Crippen molar-refractivity contribution in [1.29, 1.82) is 0 Å². The van der Waals surface area contributed by atoms with Crippen molar-refractivity contribution in [2.45, 2.75) is 12.5 Å². The summed E-state index contributed by atoms with van der Waals surface area (Å²) in [4.78, 5) is 38.4. The molecule has 1 N–H and O–H groups in total. The highest BCUT2D eigenvalue weighted by Crippen LogP contribution is 2.27. The molecule has 1 saturated heterocycles. The van der Waals surface area contributed by atoms with Gasteiger partial charge in [0, 0.05) is 38.0 Å². The molecular formula is C18H19N3O3. The quantitative estimate of drug-likeness (QED) is 0.898. The average molecular weight is 325 g/mol. The molecule has 0 unspecified atom stereocenters. The van der Waals surface area contributed by atoms with Gasteiger partial charge in [0.2, 0.25) is 5.91 Å². The summed E-state index contributed by atoms with van der Waals surface area (Å²) in [7, 11) is 1.64. The number of hydrogen-bond acceptors (Lipinski definition) is 3. The Morgan fingerprint density at radius 2 is 1.92 bits per heavy atom. The van der Waals surface area contributed by atoms with Crippen LogP contribution in [-0.2, 0) is 11.8 Å². The van der Waals surface area contributed by atoms with Gasteiger partial charge >= 0.3 is 0 Å². The van der Waals surface area contributed by atoms with Gasteiger partial charge in [0.15, 0.2) is 0 Å². The zero-order valence-electron chi connectivity index (χ0n) is 13.4. The lowest BCUT2D eigenvalue weighted by Gasteiger charge is -2.29. The van der Waals surface area contributed by atoms with Crippen LogP contribution in [0.15, 0.2) is 53.5 Å². The number of nitrogens with zero attached hydrogens (tertiary/aromatic N) is 2. The van der Waals surface area contributed by atoms with Crippen LogP contribution in [0.25, 0.3) is 0 Å². The van der Waals surface area contributed by atoms with E-state index in [2.05, 4.69) is 5.32 Å². The zero-order valence-corrected chi connectivity index (χ0v) is 13.4. The van der Waals surface area contributed by atoms with E-state index in [1.54, 1.807) is 24.2 Å². The summed E-state index contributed by atoms with van der Waals surface area (Å²) in [6, 6.07) is 12.1. The van der Waals surface area contributed by atoms with Crippen molar-refractivity contribution in [3.63, 3.8) is 0 Å². The fourth-order valence-corrected chi connectivity index (χ4v) is 2.89. The fraction of sp³-hybridized carbons (Fsp3) is 0.278. The number of amides is 2.